The van der Waals surface area contributed by atoms with E-state index in [1.807, 2.05) is 14.0 Å². The van der Waals surface area contributed by atoms with Crippen molar-refractivity contribution in [3.8, 4) is 0 Å². The fourth-order valence-corrected chi connectivity index (χ4v) is 9.01. The summed E-state index contributed by atoms with van der Waals surface area (Å²) >= 11 is 0. The second kappa shape index (κ2) is 7.70. The Balaban J connectivity index is 1.41. The molecule has 5 aliphatic rings. The number of nitrogens with zero attached hydrogens (tertiary/aromatic N) is 1. The van der Waals surface area contributed by atoms with Crippen LogP contribution < -0.4 is 0 Å². The molecule has 0 aromatic heterocycles. The zero-order valence-corrected chi connectivity index (χ0v) is 20.4. The number of rotatable bonds is 2. The van der Waals surface area contributed by atoms with Crippen molar-refractivity contribution in [2.45, 2.75) is 83.0 Å². The van der Waals surface area contributed by atoms with Gasteiger partial charge in [0.2, 0.25) is 0 Å². The quantitative estimate of drug-likeness (QED) is 0.613. The Hall–Kier alpha value is -1.60. The minimum atomic E-state index is -0.944. The Kier molecular flexibility index (Phi) is 5.41. The lowest BCUT2D eigenvalue weighted by molar-refractivity contribution is -0.243. The number of aliphatic hydroxyl groups is 2. The molecule has 9 atom stereocenters. The summed E-state index contributed by atoms with van der Waals surface area (Å²) < 4.78 is 10.1. The molecule has 0 spiro atoms. The van der Waals surface area contributed by atoms with Crippen LogP contribution in [0.25, 0.3) is 0 Å². The number of esters is 1. The van der Waals surface area contributed by atoms with Crippen molar-refractivity contribution in [1.29, 1.82) is 0 Å². The van der Waals surface area contributed by atoms with Gasteiger partial charge in [-0.25, -0.2) is 9.59 Å². The van der Waals surface area contributed by atoms with Gasteiger partial charge >= 0.3 is 12.1 Å². The summed E-state index contributed by atoms with van der Waals surface area (Å²) in [4.78, 5) is 25.6. The Bertz CT molecular complexity index is 873. The molecule has 33 heavy (non-hydrogen) atoms. The molecular formula is C26H39NO6. The number of hydrogen-bond donors (Lipinski definition) is 2. The van der Waals surface area contributed by atoms with Crippen molar-refractivity contribution in [3.05, 3.63) is 11.6 Å². The van der Waals surface area contributed by atoms with Gasteiger partial charge < -0.3 is 24.6 Å². The van der Waals surface area contributed by atoms with Crippen LogP contribution in [0.5, 0.6) is 0 Å². The number of fused-ring (bicyclic) bond motifs is 5. The second-order valence-electron chi connectivity index (χ2n) is 11.9. The molecule has 4 aliphatic carbocycles. The lowest BCUT2D eigenvalue weighted by atomic mass is 9.42. The van der Waals surface area contributed by atoms with Gasteiger partial charge in [-0.05, 0) is 86.0 Å². The zero-order chi connectivity index (χ0) is 23.8. The van der Waals surface area contributed by atoms with Gasteiger partial charge in [0.1, 0.15) is 6.61 Å². The highest BCUT2D eigenvalue weighted by molar-refractivity contribution is 5.85. The largest absolute Gasteiger partial charge is 0.458 e. The van der Waals surface area contributed by atoms with Crippen LogP contribution in [0.2, 0.25) is 0 Å². The third kappa shape index (κ3) is 3.07. The van der Waals surface area contributed by atoms with Gasteiger partial charge in [0.05, 0.1) is 18.8 Å². The molecule has 2 N–H and O–H groups in total. The maximum Gasteiger partial charge on any atom is 0.409 e. The summed E-state index contributed by atoms with van der Waals surface area (Å²) in [5.74, 6) is 0.521. The summed E-state index contributed by atoms with van der Waals surface area (Å²) in [6.07, 6.45) is 7.64. The third-order valence-corrected chi connectivity index (χ3v) is 11.1. The average Bonchev–Trinajstić information content (AvgIpc) is 3.34. The van der Waals surface area contributed by atoms with Crippen molar-refractivity contribution in [1.82, 2.24) is 4.90 Å². The number of carbonyl (C=O) groups is 2. The van der Waals surface area contributed by atoms with Crippen LogP contribution in [0.15, 0.2) is 11.6 Å². The van der Waals surface area contributed by atoms with Crippen molar-refractivity contribution < 1.29 is 29.3 Å². The highest BCUT2D eigenvalue weighted by Crippen LogP contribution is 2.70. The van der Waals surface area contributed by atoms with Gasteiger partial charge in [-0.3, -0.25) is 0 Å². The molecule has 0 saturated heterocycles. The highest BCUT2D eigenvalue weighted by atomic mass is 16.5. The Morgan fingerprint density at radius 1 is 1.15 bits per heavy atom. The molecule has 5 rings (SSSR count). The van der Waals surface area contributed by atoms with E-state index in [2.05, 4.69) is 6.92 Å². The number of cyclic esters (lactones) is 1. The smallest absolute Gasteiger partial charge is 0.409 e. The average molecular weight is 462 g/mol. The van der Waals surface area contributed by atoms with E-state index in [-0.39, 0.29) is 47.9 Å². The van der Waals surface area contributed by atoms with E-state index in [4.69, 9.17) is 9.47 Å². The van der Waals surface area contributed by atoms with Crippen LogP contribution in [0.3, 0.4) is 0 Å². The molecule has 0 bridgehead atoms. The predicted octanol–water partition coefficient (Wildman–Crippen LogP) is 3.28. The summed E-state index contributed by atoms with van der Waals surface area (Å²) in [6, 6.07) is 0.177. The molecule has 1 amide bonds. The summed E-state index contributed by atoms with van der Waals surface area (Å²) in [6.45, 7) is 4.69. The zero-order valence-electron chi connectivity index (χ0n) is 20.4. The predicted molar refractivity (Wildman–Crippen MR) is 121 cm³/mol. The highest BCUT2D eigenvalue weighted by Gasteiger charge is 2.70. The molecule has 0 aromatic rings. The number of hydrogen-bond acceptors (Lipinski definition) is 6. The summed E-state index contributed by atoms with van der Waals surface area (Å²) in [7, 11) is 3.25. The van der Waals surface area contributed by atoms with E-state index in [1.54, 1.807) is 11.0 Å². The first-order valence-corrected chi connectivity index (χ1v) is 12.6. The normalized spacial score (nSPS) is 48.8. The van der Waals surface area contributed by atoms with E-state index in [1.165, 1.54) is 7.11 Å². The minimum Gasteiger partial charge on any atom is -0.458 e. The fraction of sp³-hybridized carbons (Fsp3) is 0.846. The molecule has 4 saturated carbocycles. The molecule has 0 aromatic carbocycles. The van der Waals surface area contributed by atoms with Gasteiger partial charge in [0.15, 0.2) is 0 Å². The van der Waals surface area contributed by atoms with Crippen LogP contribution in [-0.4, -0.2) is 65.7 Å². The van der Waals surface area contributed by atoms with Crippen molar-refractivity contribution in [2.75, 3.05) is 20.8 Å². The fourth-order valence-electron chi connectivity index (χ4n) is 9.01. The van der Waals surface area contributed by atoms with Crippen LogP contribution in [-0.2, 0) is 14.3 Å². The Labute approximate surface area is 196 Å². The first-order valence-electron chi connectivity index (χ1n) is 12.6. The number of methoxy groups -OCH3 is 1. The molecular weight excluding hydrogens is 422 g/mol. The molecule has 0 radical (unpaired) electrons. The summed E-state index contributed by atoms with van der Waals surface area (Å²) in [5.41, 5.74) is -0.639. The first-order chi connectivity index (χ1) is 15.6. The molecule has 4 fully saturated rings. The molecule has 184 valence electrons. The lowest BCUT2D eigenvalue weighted by Crippen LogP contribution is -2.67. The maximum absolute atomic E-state index is 12.3. The van der Waals surface area contributed by atoms with Gasteiger partial charge in [-0.2, -0.15) is 0 Å². The first kappa shape index (κ1) is 23.2. The molecule has 1 aliphatic heterocycles. The maximum atomic E-state index is 12.3. The van der Waals surface area contributed by atoms with Crippen molar-refractivity contribution in [2.24, 2.45) is 34.5 Å². The number of carbonyl (C=O) groups excluding carboxylic acids is 2. The van der Waals surface area contributed by atoms with Crippen LogP contribution in [0.4, 0.5) is 4.79 Å². The topological polar surface area (TPSA) is 96.3 Å². The molecule has 0 unspecified atom stereocenters. The van der Waals surface area contributed by atoms with Gasteiger partial charge in [0.25, 0.3) is 0 Å². The summed E-state index contributed by atoms with van der Waals surface area (Å²) in [5, 5.41) is 23.9. The van der Waals surface area contributed by atoms with Crippen LogP contribution in [0.1, 0.15) is 65.2 Å². The Morgan fingerprint density at radius 2 is 1.91 bits per heavy atom. The minimum absolute atomic E-state index is 0.0279. The van der Waals surface area contributed by atoms with Gasteiger partial charge in [-0.1, -0.05) is 13.8 Å². The molecule has 7 heteroatoms. The van der Waals surface area contributed by atoms with Gasteiger partial charge in [-0.15, -0.1) is 0 Å². The standard InChI is InChI=1S/C26H39NO6/c1-24-9-7-17(27(3)23(30)32-4)12-16(24)5-6-19-20(24)13-21(28)25(2)18(8-10-26(19,25)31)15-11-22(29)33-14-15/h11,16-21,28,31H,5-10,12-14H2,1-4H3/t16-,17+,18-,19-,20+,21-,24+,25+,26+/m1/s1. The van der Waals surface area contributed by atoms with E-state index < -0.39 is 17.1 Å². The van der Waals surface area contributed by atoms with Gasteiger partial charge in [0, 0.05) is 24.6 Å². The molecule has 1 heterocycles. The Morgan fingerprint density at radius 3 is 2.58 bits per heavy atom. The van der Waals surface area contributed by atoms with E-state index >= 15 is 0 Å². The van der Waals surface area contributed by atoms with Crippen LogP contribution >= 0.6 is 0 Å². The van der Waals surface area contributed by atoms with Crippen LogP contribution in [0, 0.1) is 34.5 Å². The molecule has 7 nitrogen and oxygen atoms in total. The van der Waals surface area contributed by atoms with Crippen molar-refractivity contribution >= 4 is 12.1 Å². The lowest BCUT2D eigenvalue weighted by Gasteiger charge is -2.65. The second-order valence-corrected chi connectivity index (χ2v) is 11.9. The van der Waals surface area contributed by atoms with E-state index in [0.717, 1.165) is 44.1 Å². The number of aliphatic hydroxyl groups excluding tert-OH is 1. The number of ether oxygens (including phenoxy) is 2. The van der Waals surface area contributed by atoms with E-state index in [9.17, 15) is 19.8 Å². The van der Waals surface area contributed by atoms with Crippen molar-refractivity contribution in [3.63, 3.8) is 0 Å². The van der Waals surface area contributed by atoms with E-state index in [0.29, 0.717) is 18.8 Å². The number of amides is 1. The SMILES string of the molecule is COC(=O)N(C)[C@H]1CC[C@@]2(C)[C@H](CC[C@@H]3[C@@H]2C[C@@H](O)[C@]2(C)[C@@H](C4=CC(=O)OC4)CC[C@]32O)C1. The monoisotopic (exact) mass is 461 g/mol. The third-order valence-electron chi connectivity index (χ3n) is 11.1.